The van der Waals surface area contributed by atoms with E-state index in [1.54, 1.807) is 0 Å². The maximum atomic E-state index is 10.2. The van der Waals surface area contributed by atoms with Gasteiger partial charge < -0.3 is 4.74 Å². The quantitative estimate of drug-likeness (QED) is 0.307. The van der Waals surface area contributed by atoms with Gasteiger partial charge >= 0.3 is 5.88 Å². The summed E-state index contributed by atoms with van der Waals surface area (Å²) < 4.78 is 24.7. The van der Waals surface area contributed by atoms with Gasteiger partial charge in [0.25, 0.3) is 10.3 Å². The molecule has 1 rings (SSSR count). The van der Waals surface area contributed by atoms with Crippen LogP contribution in [0.1, 0.15) is 6.42 Å². The Morgan fingerprint density at radius 3 is 2.55 bits per heavy atom. The molecule has 0 aromatic heterocycles. The summed E-state index contributed by atoms with van der Waals surface area (Å²) in [5.41, 5.74) is 0. The van der Waals surface area contributed by atoms with Crippen molar-refractivity contribution in [2.24, 2.45) is 0 Å². The van der Waals surface area contributed by atoms with Gasteiger partial charge in [-0.05, 0) is 0 Å². The third-order valence-electron chi connectivity index (χ3n) is 1.03. The Morgan fingerprint density at radius 2 is 2.27 bits per heavy atom. The molecule has 0 aromatic rings. The van der Waals surface area contributed by atoms with Crippen molar-refractivity contribution >= 4 is 15.3 Å². The van der Waals surface area contributed by atoms with E-state index < -0.39 is 21.1 Å². The third kappa shape index (κ3) is 1.55. The molecule has 0 spiro atoms. The summed E-state index contributed by atoms with van der Waals surface area (Å²) in [5.74, 6) is -0.524. The molecule has 0 aromatic carbocycles. The number of nitrogens with zero attached hydrogens (tertiary/aromatic N) is 1. The van der Waals surface area contributed by atoms with E-state index in [1.165, 1.54) is 0 Å². The maximum absolute atomic E-state index is 10.2. The predicted octanol–water partition coefficient (Wildman–Crippen LogP) is -0.466. The van der Waals surface area contributed by atoms with E-state index in [0.29, 0.717) is 0 Å². The summed E-state index contributed by atoms with van der Waals surface area (Å²) in [6.45, 7) is 0. The lowest BCUT2D eigenvalue weighted by atomic mass is 10.5. The third-order valence-corrected chi connectivity index (χ3v) is 1.65. The van der Waals surface area contributed by atoms with Crippen molar-refractivity contribution in [3.8, 4) is 0 Å². The second kappa shape index (κ2) is 2.70. The van der Waals surface area contributed by atoms with Crippen molar-refractivity contribution in [1.29, 1.82) is 0 Å². The van der Waals surface area contributed by atoms with Crippen LogP contribution < -0.4 is 0 Å². The second-order valence-corrected chi connectivity index (χ2v) is 2.64. The van der Waals surface area contributed by atoms with Gasteiger partial charge in [-0.2, -0.15) is 8.42 Å². The molecule has 7 heteroatoms. The van der Waals surface area contributed by atoms with Gasteiger partial charge in [0.2, 0.25) is 5.05 Å². The van der Waals surface area contributed by atoms with Gasteiger partial charge in [0.05, 0.1) is 6.42 Å². The molecule has 0 bridgehead atoms. The maximum Gasteiger partial charge on any atom is 0.430 e. The Kier molecular flexibility index (Phi) is 1.90. The Morgan fingerprint density at radius 1 is 1.64 bits per heavy atom. The van der Waals surface area contributed by atoms with Crippen LogP contribution in [0.3, 0.4) is 0 Å². The molecule has 6 nitrogen and oxygen atoms in total. The Labute approximate surface area is 62.8 Å². The Balaban J connectivity index is 2.88. The molecule has 0 radical (unpaired) electrons. The standard InChI is InChI=1S/C4H3NO5S/c6-5(7)3-1-2-4(10-3)11(8)9/h1H,2H2. The largest absolute Gasteiger partial charge is 0.430 e. The molecular formula is C4H3NO5S. The summed E-state index contributed by atoms with van der Waals surface area (Å²) in [6.07, 6.45) is 1.07. The molecule has 0 saturated heterocycles. The fourth-order valence-corrected chi connectivity index (χ4v) is 0.957. The van der Waals surface area contributed by atoms with Gasteiger partial charge in [-0.1, -0.05) is 0 Å². The Hall–Kier alpha value is -1.37. The van der Waals surface area contributed by atoms with E-state index in [9.17, 15) is 18.5 Å². The minimum absolute atomic E-state index is 0.0353. The van der Waals surface area contributed by atoms with Crippen LogP contribution in [0.15, 0.2) is 12.0 Å². The molecule has 0 amide bonds. The van der Waals surface area contributed by atoms with Gasteiger partial charge in [0.15, 0.2) is 0 Å². The molecule has 0 fully saturated rings. The van der Waals surface area contributed by atoms with Crippen molar-refractivity contribution in [2.75, 3.05) is 0 Å². The van der Waals surface area contributed by atoms with Crippen molar-refractivity contribution < 1.29 is 18.1 Å². The minimum atomic E-state index is -2.49. The van der Waals surface area contributed by atoms with Gasteiger partial charge in [-0.3, -0.25) is 10.1 Å². The fourth-order valence-electron chi connectivity index (χ4n) is 0.584. The lowest BCUT2D eigenvalue weighted by Crippen LogP contribution is -2.03. The summed E-state index contributed by atoms with van der Waals surface area (Å²) in [4.78, 5) is 9.19. The summed E-state index contributed by atoms with van der Waals surface area (Å²) >= 11 is 0. The first-order valence-electron chi connectivity index (χ1n) is 2.58. The van der Waals surface area contributed by atoms with E-state index in [-0.39, 0.29) is 11.5 Å². The minimum Gasteiger partial charge on any atom is -0.389 e. The van der Waals surface area contributed by atoms with Crippen LogP contribution in [0.4, 0.5) is 0 Å². The number of hydrogen-bond acceptors (Lipinski definition) is 5. The highest BCUT2D eigenvalue weighted by Crippen LogP contribution is 2.10. The van der Waals surface area contributed by atoms with Gasteiger partial charge in [0, 0.05) is 6.08 Å². The van der Waals surface area contributed by atoms with Crippen LogP contribution >= 0.6 is 0 Å². The first kappa shape index (κ1) is 7.73. The zero-order valence-corrected chi connectivity index (χ0v) is 6.00. The highest BCUT2D eigenvalue weighted by Gasteiger charge is 2.23. The summed E-state index contributed by atoms with van der Waals surface area (Å²) in [7, 11) is -2.49. The molecule has 11 heavy (non-hydrogen) atoms. The van der Waals surface area contributed by atoms with Crippen LogP contribution in [-0.2, 0) is 15.0 Å². The molecule has 60 valence electrons. The molecule has 1 aliphatic heterocycles. The van der Waals surface area contributed by atoms with Crippen LogP contribution in [0.25, 0.3) is 0 Å². The highest BCUT2D eigenvalue weighted by molar-refractivity contribution is 7.72. The zero-order valence-electron chi connectivity index (χ0n) is 5.18. The lowest BCUT2D eigenvalue weighted by Gasteiger charge is -1.89. The molecule has 0 atom stereocenters. The molecule has 0 saturated carbocycles. The normalized spacial score (nSPS) is 15.6. The Bertz CT molecular complexity index is 343. The average molecular weight is 177 g/mol. The topological polar surface area (TPSA) is 86.5 Å². The average Bonchev–Trinajstić information content (AvgIpc) is 2.33. The monoisotopic (exact) mass is 177 g/mol. The van der Waals surface area contributed by atoms with Crippen LogP contribution in [0, 0.1) is 10.1 Å². The second-order valence-electron chi connectivity index (χ2n) is 1.71. The van der Waals surface area contributed by atoms with E-state index in [2.05, 4.69) is 4.74 Å². The predicted molar refractivity (Wildman–Crippen MR) is 34.7 cm³/mol. The van der Waals surface area contributed by atoms with E-state index >= 15 is 0 Å². The molecular weight excluding hydrogens is 174 g/mol. The van der Waals surface area contributed by atoms with Gasteiger partial charge in [-0.25, -0.2) is 0 Å². The summed E-state index contributed by atoms with van der Waals surface area (Å²) in [6, 6.07) is 0. The van der Waals surface area contributed by atoms with E-state index in [0.717, 1.165) is 6.08 Å². The summed E-state index contributed by atoms with van der Waals surface area (Å²) in [5, 5.41) is 9.66. The number of ether oxygens (including phenoxy) is 1. The van der Waals surface area contributed by atoms with Crippen LogP contribution in [0.2, 0.25) is 0 Å². The number of hydrogen-bond donors (Lipinski definition) is 0. The van der Waals surface area contributed by atoms with E-state index in [1.807, 2.05) is 0 Å². The smallest absolute Gasteiger partial charge is 0.389 e. The SMILES string of the molecule is O=[N+]([O-])C1=CCC(=S(=O)=O)O1. The molecule has 1 heterocycles. The molecule has 0 N–H and O–H groups in total. The van der Waals surface area contributed by atoms with Gasteiger partial charge in [-0.15, -0.1) is 0 Å². The first-order valence-corrected chi connectivity index (χ1v) is 3.66. The van der Waals surface area contributed by atoms with Crippen LogP contribution in [-0.4, -0.2) is 18.4 Å². The first-order chi connectivity index (χ1) is 5.11. The molecule has 0 aliphatic carbocycles. The highest BCUT2D eigenvalue weighted by atomic mass is 32.2. The number of rotatable bonds is 1. The van der Waals surface area contributed by atoms with Gasteiger partial charge in [0.1, 0.15) is 4.92 Å². The van der Waals surface area contributed by atoms with Crippen molar-refractivity contribution in [3.05, 3.63) is 22.1 Å². The zero-order chi connectivity index (χ0) is 8.43. The van der Waals surface area contributed by atoms with Crippen molar-refractivity contribution in [1.82, 2.24) is 0 Å². The number of nitro groups is 1. The van der Waals surface area contributed by atoms with Crippen LogP contribution in [0.5, 0.6) is 0 Å². The molecule has 1 aliphatic rings. The van der Waals surface area contributed by atoms with Crippen molar-refractivity contribution in [3.63, 3.8) is 0 Å². The fraction of sp³-hybridized carbons (Fsp3) is 0.250. The molecule has 0 unspecified atom stereocenters. The van der Waals surface area contributed by atoms with Crippen molar-refractivity contribution in [2.45, 2.75) is 6.42 Å². The lowest BCUT2D eigenvalue weighted by molar-refractivity contribution is -0.454. The van der Waals surface area contributed by atoms with E-state index in [4.69, 9.17) is 0 Å².